The van der Waals surface area contributed by atoms with E-state index in [1.807, 2.05) is 13.8 Å². The first-order valence-corrected chi connectivity index (χ1v) is 3.77. The standard InChI is InChI=1S/C5H12.C2H6.C2H4/c1-4-5(2)3;2*1-2/h5H,4H2,1-3H3;1-2H3;1-2H2. The summed E-state index contributed by atoms with van der Waals surface area (Å²) in [6.45, 7) is 16.6. The summed E-state index contributed by atoms with van der Waals surface area (Å²) in [7, 11) is 0. The van der Waals surface area contributed by atoms with Gasteiger partial charge >= 0.3 is 0 Å². The van der Waals surface area contributed by atoms with Crippen LogP contribution in [0.15, 0.2) is 13.2 Å². The van der Waals surface area contributed by atoms with E-state index in [9.17, 15) is 0 Å². The smallest absolute Gasteiger partial charge is 0.0474 e. The van der Waals surface area contributed by atoms with E-state index in [0.717, 1.165) is 5.92 Å². The minimum atomic E-state index is 0.884. The summed E-state index contributed by atoms with van der Waals surface area (Å²) < 4.78 is 0. The molecular formula is C9H22. The van der Waals surface area contributed by atoms with Gasteiger partial charge in [0.25, 0.3) is 0 Å². The zero-order chi connectivity index (χ0) is 8.28. The van der Waals surface area contributed by atoms with E-state index in [0.29, 0.717) is 0 Å². The molecule has 0 saturated heterocycles. The van der Waals surface area contributed by atoms with Crippen LogP contribution in [0.25, 0.3) is 0 Å². The zero-order valence-corrected chi connectivity index (χ0v) is 7.70. The number of hydrogen-bond donors (Lipinski definition) is 0. The number of hydrogen-bond acceptors (Lipinski definition) is 0. The maximum absolute atomic E-state index is 3.00. The van der Waals surface area contributed by atoms with Gasteiger partial charge < -0.3 is 0 Å². The average Bonchev–Trinajstić information content (AvgIpc) is 1.97. The fourth-order valence-corrected chi connectivity index (χ4v) is 0. The van der Waals surface area contributed by atoms with E-state index >= 15 is 0 Å². The minimum Gasteiger partial charge on any atom is -0.106 e. The maximum atomic E-state index is 3.00. The van der Waals surface area contributed by atoms with Crippen molar-refractivity contribution in [1.29, 1.82) is 0 Å². The van der Waals surface area contributed by atoms with Crippen LogP contribution in [0.3, 0.4) is 0 Å². The molecule has 0 rings (SSSR count). The van der Waals surface area contributed by atoms with E-state index in [2.05, 4.69) is 33.9 Å². The van der Waals surface area contributed by atoms with Crippen molar-refractivity contribution >= 4 is 0 Å². The summed E-state index contributed by atoms with van der Waals surface area (Å²) in [5.41, 5.74) is 0. The summed E-state index contributed by atoms with van der Waals surface area (Å²) in [6.07, 6.45) is 1.31. The van der Waals surface area contributed by atoms with Gasteiger partial charge in [-0.05, 0) is 5.92 Å². The summed E-state index contributed by atoms with van der Waals surface area (Å²) in [6, 6.07) is 0. The fourth-order valence-electron chi connectivity index (χ4n) is 0. The SMILES string of the molecule is C=C.CC.CCC(C)C. The van der Waals surface area contributed by atoms with Gasteiger partial charge in [0.05, 0.1) is 0 Å². The van der Waals surface area contributed by atoms with Crippen LogP contribution in [0.4, 0.5) is 0 Å². The minimum absolute atomic E-state index is 0.884. The van der Waals surface area contributed by atoms with Gasteiger partial charge in [-0.1, -0.05) is 41.0 Å². The highest BCUT2D eigenvalue weighted by Crippen LogP contribution is 1.93. The molecule has 0 aromatic rings. The lowest BCUT2D eigenvalue weighted by molar-refractivity contribution is 0.626. The Morgan fingerprint density at radius 3 is 1.22 bits per heavy atom. The highest BCUT2D eigenvalue weighted by molar-refractivity contribution is 4.32. The predicted molar refractivity (Wildman–Crippen MR) is 47.7 cm³/mol. The van der Waals surface area contributed by atoms with E-state index in [1.165, 1.54) is 6.42 Å². The lowest BCUT2D eigenvalue weighted by Gasteiger charge is -1.90. The van der Waals surface area contributed by atoms with Crippen molar-refractivity contribution < 1.29 is 0 Å². The first-order chi connectivity index (χ1) is 4.27. The Labute approximate surface area is 61.0 Å². The normalized spacial score (nSPS) is 6.44. The second kappa shape index (κ2) is 25.1. The molecule has 0 radical (unpaired) electrons. The lowest BCUT2D eigenvalue weighted by Crippen LogP contribution is -1.77. The monoisotopic (exact) mass is 130 g/mol. The van der Waals surface area contributed by atoms with Gasteiger partial charge in [-0.25, -0.2) is 0 Å². The molecule has 0 aliphatic heterocycles. The highest BCUT2D eigenvalue weighted by Gasteiger charge is 1.80. The molecule has 9 heavy (non-hydrogen) atoms. The largest absolute Gasteiger partial charge is 0.106 e. The van der Waals surface area contributed by atoms with Crippen LogP contribution in [0.5, 0.6) is 0 Å². The second-order valence-electron chi connectivity index (χ2n) is 1.80. The van der Waals surface area contributed by atoms with Crippen molar-refractivity contribution in [3.63, 3.8) is 0 Å². The summed E-state index contributed by atoms with van der Waals surface area (Å²) in [5, 5.41) is 0. The van der Waals surface area contributed by atoms with Gasteiger partial charge in [0.15, 0.2) is 0 Å². The number of rotatable bonds is 1. The van der Waals surface area contributed by atoms with Gasteiger partial charge in [0.1, 0.15) is 0 Å². The molecule has 0 spiro atoms. The molecule has 0 heteroatoms. The van der Waals surface area contributed by atoms with Gasteiger partial charge in [-0.3, -0.25) is 0 Å². The molecular weight excluding hydrogens is 108 g/mol. The van der Waals surface area contributed by atoms with Crippen molar-refractivity contribution in [3.05, 3.63) is 13.2 Å². The molecule has 0 aliphatic carbocycles. The summed E-state index contributed by atoms with van der Waals surface area (Å²) >= 11 is 0. The Balaban J connectivity index is -0.0000000771. The maximum Gasteiger partial charge on any atom is -0.0474 e. The highest BCUT2D eigenvalue weighted by atomic mass is 13.9. The molecule has 0 N–H and O–H groups in total. The van der Waals surface area contributed by atoms with Gasteiger partial charge in [-0.15, -0.1) is 13.2 Å². The van der Waals surface area contributed by atoms with E-state index < -0.39 is 0 Å². The molecule has 0 fully saturated rings. The van der Waals surface area contributed by atoms with Crippen molar-refractivity contribution in [2.24, 2.45) is 5.92 Å². The fraction of sp³-hybridized carbons (Fsp3) is 0.778. The van der Waals surface area contributed by atoms with Crippen molar-refractivity contribution in [2.75, 3.05) is 0 Å². The van der Waals surface area contributed by atoms with Crippen LogP contribution < -0.4 is 0 Å². The molecule has 0 aliphatic rings. The van der Waals surface area contributed by atoms with Crippen molar-refractivity contribution in [2.45, 2.75) is 41.0 Å². The molecule has 0 saturated carbocycles. The quantitative estimate of drug-likeness (QED) is 0.472. The van der Waals surface area contributed by atoms with Crippen LogP contribution in [0, 0.1) is 5.92 Å². The Bertz CT molecular complexity index is 21.2. The summed E-state index contributed by atoms with van der Waals surface area (Å²) in [4.78, 5) is 0. The van der Waals surface area contributed by atoms with E-state index in [-0.39, 0.29) is 0 Å². The molecule has 0 aromatic heterocycles. The zero-order valence-electron chi connectivity index (χ0n) is 7.70. The Hall–Kier alpha value is -0.260. The first-order valence-electron chi connectivity index (χ1n) is 3.77. The van der Waals surface area contributed by atoms with Gasteiger partial charge in [0.2, 0.25) is 0 Å². The van der Waals surface area contributed by atoms with Crippen LogP contribution in [0.1, 0.15) is 41.0 Å². The van der Waals surface area contributed by atoms with Gasteiger partial charge in [-0.2, -0.15) is 0 Å². The van der Waals surface area contributed by atoms with Crippen LogP contribution in [-0.4, -0.2) is 0 Å². The Morgan fingerprint density at radius 1 is 1.11 bits per heavy atom. The molecule has 0 unspecified atom stereocenters. The summed E-state index contributed by atoms with van der Waals surface area (Å²) in [5.74, 6) is 0.884. The molecule has 0 aromatic carbocycles. The molecule has 58 valence electrons. The van der Waals surface area contributed by atoms with E-state index in [4.69, 9.17) is 0 Å². The molecule has 0 atom stereocenters. The Kier molecular flexibility index (Phi) is 44.4. The molecule has 0 amide bonds. The third kappa shape index (κ3) is 84.2. The van der Waals surface area contributed by atoms with E-state index in [1.54, 1.807) is 0 Å². The van der Waals surface area contributed by atoms with Crippen molar-refractivity contribution in [1.82, 2.24) is 0 Å². The first kappa shape index (κ1) is 15.9. The van der Waals surface area contributed by atoms with Crippen molar-refractivity contribution in [3.8, 4) is 0 Å². The molecule has 0 bridgehead atoms. The topological polar surface area (TPSA) is 0 Å². The predicted octanol–water partition coefficient (Wildman–Crippen LogP) is 3.88. The third-order valence-electron chi connectivity index (χ3n) is 0.816. The molecule has 0 heterocycles. The van der Waals surface area contributed by atoms with Crippen LogP contribution in [-0.2, 0) is 0 Å². The van der Waals surface area contributed by atoms with Crippen LogP contribution in [0.2, 0.25) is 0 Å². The van der Waals surface area contributed by atoms with Gasteiger partial charge in [0, 0.05) is 0 Å². The second-order valence-corrected chi connectivity index (χ2v) is 1.80. The van der Waals surface area contributed by atoms with Crippen LogP contribution >= 0.6 is 0 Å². The Morgan fingerprint density at radius 2 is 1.22 bits per heavy atom. The molecule has 0 nitrogen and oxygen atoms in total. The lowest BCUT2D eigenvalue weighted by atomic mass is 10.2. The average molecular weight is 130 g/mol. The third-order valence-corrected chi connectivity index (χ3v) is 0.816.